The summed E-state index contributed by atoms with van der Waals surface area (Å²) >= 11 is 3.43. The van der Waals surface area contributed by atoms with Crippen LogP contribution in [0, 0.1) is 0 Å². The SMILES string of the molecule is C=C(Br)Cn1c([C@H]2CC(=O)N(C)C2)nc2ccccc21. The first-order chi connectivity index (χ1) is 9.56. The van der Waals surface area contributed by atoms with E-state index in [1.807, 2.05) is 25.2 Å². The lowest BCUT2D eigenvalue weighted by Gasteiger charge is -2.13. The van der Waals surface area contributed by atoms with Gasteiger partial charge in [-0.3, -0.25) is 4.79 Å². The number of amides is 1. The number of hydrogen-bond donors (Lipinski definition) is 0. The van der Waals surface area contributed by atoms with Crippen LogP contribution >= 0.6 is 15.9 Å². The van der Waals surface area contributed by atoms with E-state index in [-0.39, 0.29) is 11.8 Å². The summed E-state index contributed by atoms with van der Waals surface area (Å²) in [5.41, 5.74) is 2.06. The number of carbonyl (C=O) groups excluding carboxylic acids is 1. The standard InChI is InChI=1S/C15H16BrN3O/c1-10(16)8-19-13-6-4-3-5-12(13)17-15(19)11-7-14(20)18(2)9-11/h3-6,11H,1,7-9H2,2H3/t11-/m0/s1. The number of carbonyl (C=O) groups is 1. The number of imidazole rings is 1. The third-order valence-electron chi connectivity index (χ3n) is 3.72. The van der Waals surface area contributed by atoms with Crippen molar-refractivity contribution in [3.63, 3.8) is 0 Å². The van der Waals surface area contributed by atoms with Crippen LogP contribution in [0.1, 0.15) is 18.2 Å². The Bertz CT molecular complexity index is 691. The second-order valence-corrected chi connectivity index (χ2v) is 6.36. The number of aromatic nitrogens is 2. The van der Waals surface area contributed by atoms with Crippen LogP contribution in [0.15, 0.2) is 35.3 Å². The predicted octanol–water partition coefficient (Wildman–Crippen LogP) is 2.89. The van der Waals surface area contributed by atoms with Crippen LogP contribution < -0.4 is 0 Å². The highest BCUT2D eigenvalue weighted by atomic mass is 79.9. The van der Waals surface area contributed by atoms with Gasteiger partial charge in [-0.2, -0.15) is 0 Å². The van der Waals surface area contributed by atoms with Crippen molar-refractivity contribution in [2.45, 2.75) is 18.9 Å². The van der Waals surface area contributed by atoms with Crippen LogP contribution in [0.25, 0.3) is 11.0 Å². The molecule has 0 N–H and O–H groups in total. The van der Waals surface area contributed by atoms with Crippen LogP contribution in [-0.4, -0.2) is 34.0 Å². The summed E-state index contributed by atoms with van der Waals surface area (Å²) in [4.78, 5) is 18.3. The number of para-hydroxylation sites is 2. The first kappa shape index (κ1) is 13.4. The smallest absolute Gasteiger partial charge is 0.223 e. The van der Waals surface area contributed by atoms with Crippen molar-refractivity contribution >= 4 is 32.9 Å². The van der Waals surface area contributed by atoms with Crippen LogP contribution in [0.2, 0.25) is 0 Å². The van der Waals surface area contributed by atoms with E-state index in [0.717, 1.165) is 27.9 Å². The Kier molecular flexibility index (Phi) is 3.38. The number of nitrogens with zero attached hydrogens (tertiary/aromatic N) is 3. The van der Waals surface area contributed by atoms with Crippen LogP contribution in [0.3, 0.4) is 0 Å². The molecular weight excluding hydrogens is 318 g/mol. The second-order valence-electron chi connectivity index (χ2n) is 5.24. The summed E-state index contributed by atoms with van der Waals surface area (Å²) in [7, 11) is 1.85. The van der Waals surface area contributed by atoms with Gasteiger partial charge in [-0.1, -0.05) is 34.6 Å². The number of likely N-dealkylation sites (tertiary alicyclic amines) is 1. The van der Waals surface area contributed by atoms with E-state index in [4.69, 9.17) is 4.98 Å². The molecule has 4 nitrogen and oxygen atoms in total. The summed E-state index contributed by atoms with van der Waals surface area (Å²) in [6, 6.07) is 8.06. The van der Waals surface area contributed by atoms with Gasteiger partial charge < -0.3 is 9.47 Å². The minimum Gasteiger partial charge on any atom is -0.345 e. The Morgan fingerprint density at radius 1 is 1.50 bits per heavy atom. The normalized spacial score (nSPS) is 19.0. The van der Waals surface area contributed by atoms with Crippen molar-refractivity contribution in [2.75, 3.05) is 13.6 Å². The molecule has 0 bridgehead atoms. The number of fused-ring (bicyclic) bond motifs is 1. The molecule has 0 radical (unpaired) electrons. The summed E-state index contributed by atoms with van der Waals surface area (Å²) in [5.74, 6) is 1.32. The fourth-order valence-electron chi connectivity index (χ4n) is 2.78. The zero-order valence-electron chi connectivity index (χ0n) is 11.3. The number of likely N-dealkylation sites (N-methyl/N-ethyl adjacent to an activating group) is 1. The number of rotatable bonds is 3. The zero-order valence-corrected chi connectivity index (χ0v) is 12.9. The molecule has 1 saturated heterocycles. The van der Waals surface area contributed by atoms with E-state index in [2.05, 4.69) is 33.1 Å². The van der Waals surface area contributed by atoms with Crippen molar-refractivity contribution < 1.29 is 4.79 Å². The lowest BCUT2D eigenvalue weighted by Crippen LogP contribution is -2.19. The molecule has 1 aromatic carbocycles. The van der Waals surface area contributed by atoms with Crippen molar-refractivity contribution in [3.05, 3.63) is 41.2 Å². The van der Waals surface area contributed by atoms with Crippen molar-refractivity contribution in [1.29, 1.82) is 0 Å². The Labute approximate surface area is 126 Å². The van der Waals surface area contributed by atoms with E-state index in [1.165, 1.54) is 0 Å². The lowest BCUT2D eigenvalue weighted by atomic mass is 10.1. The Hall–Kier alpha value is -1.62. The van der Waals surface area contributed by atoms with Gasteiger partial charge in [0.2, 0.25) is 5.91 Å². The minimum atomic E-state index is 0.159. The molecule has 0 spiro atoms. The Balaban J connectivity index is 2.09. The summed E-state index contributed by atoms with van der Waals surface area (Å²) in [6.45, 7) is 5.33. The van der Waals surface area contributed by atoms with Gasteiger partial charge in [0.25, 0.3) is 0 Å². The molecule has 2 heterocycles. The van der Waals surface area contributed by atoms with E-state index < -0.39 is 0 Å². The molecule has 1 fully saturated rings. The fraction of sp³-hybridized carbons (Fsp3) is 0.333. The topological polar surface area (TPSA) is 38.1 Å². The average molecular weight is 334 g/mol. The highest BCUT2D eigenvalue weighted by Gasteiger charge is 2.31. The molecule has 1 amide bonds. The third-order valence-corrected chi connectivity index (χ3v) is 3.97. The molecule has 3 rings (SSSR count). The van der Waals surface area contributed by atoms with E-state index in [0.29, 0.717) is 13.0 Å². The minimum absolute atomic E-state index is 0.159. The number of halogens is 1. The molecule has 5 heteroatoms. The van der Waals surface area contributed by atoms with Gasteiger partial charge in [0.1, 0.15) is 5.82 Å². The summed E-state index contributed by atoms with van der Waals surface area (Å²) < 4.78 is 3.06. The molecule has 1 aromatic heterocycles. The maximum absolute atomic E-state index is 11.8. The highest BCUT2D eigenvalue weighted by molar-refractivity contribution is 9.11. The van der Waals surface area contributed by atoms with Crippen molar-refractivity contribution in [1.82, 2.24) is 14.5 Å². The number of hydrogen-bond acceptors (Lipinski definition) is 2. The number of benzene rings is 1. The fourth-order valence-corrected chi connectivity index (χ4v) is 3.03. The second kappa shape index (κ2) is 5.05. The predicted molar refractivity (Wildman–Crippen MR) is 82.8 cm³/mol. The highest BCUT2D eigenvalue weighted by Crippen LogP contribution is 2.30. The molecule has 20 heavy (non-hydrogen) atoms. The molecule has 0 saturated carbocycles. The molecule has 2 aromatic rings. The van der Waals surface area contributed by atoms with Gasteiger partial charge in [-0.15, -0.1) is 0 Å². The summed E-state index contributed by atoms with van der Waals surface area (Å²) in [6.07, 6.45) is 0.536. The van der Waals surface area contributed by atoms with Crippen molar-refractivity contribution in [2.24, 2.45) is 0 Å². The number of allylic oxidation sites excluding steroid dienone is 1. The zero-order chi connectivity index (χ0) is 14.3. The van der Waals surface area contributed by atoms with Crippen molar-refractivity contribution in [3.8, 4) is 0 Å². The maximum atomic E-state index is 11.8. The molecular formula is C15H16BrN3O. The first-order valence-electron chi connectivity index (χ1n) is 6.58. The summed E-state index contributed by atoms with van der Waals surface area (Å²) in [5, 5.41) is 0. The van der Waals surface area contributed by atoms with Gasteiger partial charge in [0, 0.05) is 30.4 Å². The van der Waals surface area contributed by atoms with Gasteiger partial charge >= 0.3 is 0 Å². The van der Waals surface area contributed by atoms with E-state index >= 15 is 0 Å². The van der Waals surface area contributed by atoms with Gasteiger partial charge in [0.05, 0.1) is 17.6 Å². The van der Waals surface area contributed by atoms with Crippen LogP contribution in [0.4, 0.5) is 0 Å². The molecule has 1 atom stereocenters. The van der Waals surface area contributed by atoms with E-state index in [1.54, 1.807) is 4.90 Å². The lowest BCUT2D eigenvalue weighted by molar-refractivity contribution is -0.126. The van der Waals surface area contributed by atoms with Gasteiger partial charge in [-0.25, -0.2) is 4.98 Å². The maximum Gasteiger partial charge on any atom is 0.223 e. The Morgan fingerprint density at radius 3 is 2.90 bits per heavy atom. The average Bonchev–Trinajstić information content (AvgIpc) is 2.91. The molecule has 0 aliphatic carbocycles. The van der Waals surface area contributed by atoms with Gasteiger partial charge in [0.15, 0.2) is 0 Å². The Morgan fingerprint density at radius 2 is 2.25 bits per heavy atom. The van der Waals surface area contributed by atoms with E-state index in [9.17, 15) is 4.79 Å². The van der Waals surface area contributed by atoms with Crippen LogP contribution in [-0.2, 0) is 11.3 Å². The molecule has 0 unspecified atom stereocenters. The van der Waals surface area contributed by atoms with Crippen LogP contribution in [0.5, 0.6) is 0 Å². The third kappa shape index (κ3) is 2.26. The largest absolute Gasteiger partial charge is 0.345 e. The molecule has 104 valence electrons. The van der Waals surface area contributed by atoms with Gasteiger partial charge in [-0.05, 0) is 12.1 Å². The first-order valence-corrected chi connectivity index (χ1v) is 7.38. The quantitative estimate of drug-likeness (QED) is 0.866. The molecule has 1 aliphatic rings. The molecule has 1 aliphatic heterocycles. The monoisotopic (exact) mass is 333 g/mol.